The van der Waals surface area contributed by atoms with E-state index < -0.39 is 6.10 Å². The maximum atomic E-state index is 9.50. The van der Waals surface area contributed by atoms with Crippen molar-refractivity contribution in [2.75, 3.05) is 31.1 Å². The van der Waals surface area contributed by atoms with Gasteiger partial charge in [-0.05, 0) is 38.4 Å². The first-order valence-corrected chi connectivity index (χ1v) is 7.37. The number of aromatic nitrogens is 1. The van der Waals surface area contributed by atoms with Crippen molar-refractivity contribution in [3.63, 3.8) is 0 Å². The molecule has 2 saturated heterocycles. The van der Waals surface area contributed by atoms with Gasteiger partial charge in [0.05, 0.1) is 23.7 Å². The molecule has 2 fully saturated rings. The summed E-state index contributed by atoms with van der Waals surface area (Å²) in [6.07, 6.45) is 5.48. The summed E-state index contributed by atoms with van der Waals surface area (Å²) >= 11 is 0. The van der Waals surface area contributed by atoms with E-state index in [-0.39, 0.29) is 0 Å². The lowest BCUT2D eigenvalue weighted by molar-refractivity contribution is 0.133. The van der Waals surface area contributed by atoms with E-state index >= 15 is 0 Å². The van der Waals surface area contributed by atoms with Crippen molar-refractivity contribution >= 4 is 5.69 Å². The first-order chi connectivity index (χ1) is 9.24. The van der Waals surface area contributed by atoms with Crippen molar-refractivity contribution < 1.29 is 5.11 Å². The summed E-state index contributed by atoms with van der Waals surface area (Å²) < 4.78 is 0. The Labute approximate surface area is 115 Å². The second kappa shape index (κ2) is 5.47. The minimum atomic E-state index is -0.482. The fraction of sp³-hybridized carbons (Fsp3) is 0.667. The highest BCUT2D eigenvalue weighted by atomic mass is 16.3. The lowest BCUT2D eigenvalue weighted by atomic mass is 9.99. The summed E-state index contributed by atoms with van der Waals surface area (Å²) in [5.41, 5.74) is 1.94. The molecular weight excluding hydrogens is 238 g/mol. The van der Waals surface area contributed by atoms with Gasteiger partial charge >= 0.3 is 0 Å². The van der Waals surface area contributed by atoms with Crippen LogP contribution in [0.4, 0.5) is 5.69 Å². The topological polar surface area (TPSA) is 39.6 Å². The predicted octanol–water partition coefficient (Wildman–Crippen LogP) is 1.81. The molecule has 1 aromatic rings. The van der Waals surface area contributed by atoms with Gasteiger partial charge in [0.25, 0.3) is 0 Å². The molecule has 0 saturated carbocycles. The molecule has 0 spiro atoms. The van der Waals surface area contributed by atoms with Gasteiger partial charge in [0.2, 0.25) is 0 Å². The summed E-state index contributed by atoms with van der Waals surface area (Å²) in [5.74, 6) is 0. The van der Waals surface area contributed by atoms with Crippen LogP contribution in [0.15, 0.2) is 18.3 Å². The number of piperidine rings is 1. The van der Waals surface area contributed by atoms with E-state index in [1.807, 2.05) is 12.3 Å². The Kier molecular flexibility index (Phi) is 3.71. The zero-order valence-electron chi connectivity index (χ0n) is 11.6. The Bertz CT molecular complexity index is 418. The van der Waals surface area contributed by atoms with Crippen LogP contribution in [0.1, 0.15) is 38.0 Å². The Balaban J connectivity index is 1.69. The van der Waals surface area contributed by atoms with Crippen LogP contribution in [0, 0.1) is 0 Å². The first kappa shape index (κ1) is 12.9. The highest BCUT2D eigenvalue weighted by Crippen LogP contribution is 2.25. The Morgan fingerprint density at radius 3 is 2.89 bits per heavy atom. The number of aliphatic hydroxyl groups excluding tert-OH is 1. The molecule has 1 N–H and O–H groups in total. The standard InChI is InChI=1S/C15H23N3O/c1-12(19)15-6-5-13(10-16-15)18-9-8-17-7-3-2-4-14(17)11-18/h5-6,10,12,14,19H,2-4,7-9,11H2,1H3/t12-,14?/m1/s1. The lowest BCUT2D eigenvalue weighted by Crippen LogP contribution is -2.54. The minimum absolute atomic E-state index is 0.482. The van der Waals surface area contributed by atoms with Crippen LogP contribution in [0.3, 0.4) is 0 Å². The number of fused-ring (bicyclic) bond motifs is 1. The molecule has 0 bridgehead atoms. The number of hydrogen-bond acceptors (Lipinski definition) is 4. The average Bonchev–Trinajstić information content (AvgIpc) is 2.47. The molecule has 3 heterocycles. The fourth-order valence-electron chi connectivity index (χ4n) is 3.22. The van der Waals surface area contributed by atoms with Gasteiger partial charge in [-0.25, -0.2) is 0 Å². The van der Waals surface area contributed by atoms with Crippen LogP contribution in [0.2, 0.25) is 0 Å². The third-order valence-electron chi connectivity index (χ3n) is 4.40. The van der Waals surface area contributed by atoms with Crippen LogP contribution in [-0.2, 0) is 0 Å². The lowest BCUT2D eigenvalue weighted by Gasteiger charge is -2.44. The summed E-state index contributed by atoms with van der Waals surface area (Å²) in [6, 6.07) is 4.75. The SMILES string of the molecule is C[C@@H](O)c1ccc(N2CCN3CCCCC3C2)cn1. The van der Waals surface area contributed by atoms with Crippen LogP contribution < -0.4 is 4.90 Å². The van der Waals surface area contributed by atoms with E-state index in [4.69, 9.17) is 0 Å². The molecule has 2 aliphatic heterocycles. The van der Waals surface area contributed by atoms with E-state index in [2.05, 4.69) is 20.9 Å². The third kappa shape index (κ3) is 2.74. The van der Waals surface area contributed by atoms with E-state index in [1.165, 1.54) is 38.0 Å². The Morgan fingerprint density at radius 1 is 1.26 bits per heavy atom. The molecule has 4 nitrogen and oxygen atoms in total. The number of aliphatic hydroxyl groups is 1. The number of anilines is 1. The highest BCUT2D eigenvalue weighted by molar-refractivity contribution is 5.45. The summed E-state index contributed by atoms with van der Waals surface area (Å²) in [5, 5.41) is 9.50. The van der Waals surface area contributed by atoms with Crippen molar-refractivity contribution in [3.8, 4) is 0 Å². The largest absolute Gasteiger partial charge is 0.387 e. The van der Waals surface area contributed by atoms with Gasteiger partial charge < -0.3 is 10.0 Å². The maximum Gasteiger partial charge on any atom is 0.0931 e. The van der Waals surface area contributed by atoms with Gasteiger partial charge in [-0.15, -0.1) is 0 Å². The fourth-order valence-corrected chi connectivity index (χ4v) is 3.22. The second-order valence-electron chi connectivity index (χ2n) is 5.75. The summed E-state index contributed by atoms with van der Waals surface area (Å²) in [4.78, 5) is 9.42. The van der Waals surface area contributed by atoms with Crippen LogP contribution in [0.25, 0.3) is 0 Å². The molecule has 1 aromatic heterocycles. The number of piperazine rings is 1. The molecule has 2 atom stereocenters. The van der Waals surface area contributed by atoms with Crippen molar-refractivity contribution in [2.45, 2.75) is 38.3 Å². The van der Waals surface area contributed by atoms with Crippen LogP contribution >= 0.6 is 0 Å². The molecule has 0 amide bonds. The van der Waals surface area contributed by atoms with E-state index in [1.54, 1.807) is 6.92 Å². The van der Waals surface area contributed by atoms with Gasteiger partial charge in [0.15, 0.2) is 0 Å². The molecular formula is C15H23N3O. The molecule has 19 heavy (non-hydrogen) atoms. The molecule has 2 aliphatic rings. The van der Waals surface area contributed by atoms with Crippen molar-refractivity contribution in [1.29, 1.82) is 0 Å². The monoisotopic (exact) mass is 261 g/mol. The van der Waals surface area contributed by atoms with Gasteiger partial charge in [-0.2, -0.15) is 0 Å². The molecule has 0 aliphatic carbocycles. The normalized spacial score (nSPS) is 26.0. The van der Waals surface area contributed by atoms with E-state index in [0.29, 0.717) is 0 Å². The molecule has 0 radical (unpaired) electrons. The summed E-state index contributed by atoms with van der Waals surface area (Å²) in [6.45, 7) is 6.41. The first-order valence-electron chi connectivity index (χ1n) is 7.37. The molecule has 3 rings (SSSR count). The Morgan fingerprint density at radius 2 is 2.16 bits per heavy atom. The van der Waals surface area contributed by atoms with Crippen molar-refractivity contribution in [1.82, 2.24) is 9.88 Å². The summed E-state index contributed by atoms with van der Waals surface area (Å²) in [7, 11) is 0. The zero-order valence-corrected chi connectivity index (χ0v) is 11.6. The zero-order chi connectivity index (χ0) is 13.2. The quantitative estimate of drug-likeness (QED) is 0.881. The predicted molar refractivity (Wildman–Crippen MR) is 76.3 cm³/mol. The number of pyridine rings is 1. The molecule has 0 aromatic carbocycles. The van der Waals surface area contributed by atoms with Gasteiger partial charge in [0.1, 0.15) is 0 Å². The van der Waals surface area contributed by atoms with E-state index in [0.717, 1.165) is 24.8 Å². The third-order valence-corrected chi connectivity index (χ3v) is 4.40. The van der Waals surface area contributed by atoms with Crippen LogP contribution in [-0.4, -0.2) is 47.2 Å². The van der Waals surface area contributed by atoms with Crippen LogP contribution in [0.5, 0.6) is 0 Å². The van der Waals surface area contributed by atoms with E-state index in [9.17, 15) is 5.11 Å². The van der Waals surface area contributed by atoms with Crippen molar-refractivity contribution in [3.05, 3.63) is 24.0 Å². The van der Waals surface area contributed by atoms with Gasteiger partial charge in [-0.1, -0.05) is 6.42 Å². The highest BCUT2D eigenvalue weighted by Gasteiger charge is 2.28. The molecule has 1 unspecified atom stereocenters. The van der Waals surface area contributed by atoms with Gasteiger partial charge in [0, 0.05) is 25.7 Å². The molecule has 4 heteroatoms. The smallest absolute Gasteiger partial charge is 0.0931 e. The molecule has 104 valence electrons. The average molecular weight is 261 g/mol. The number of hydrogen-bond donors (Lipinski definition) is 1. The number of nitrogens with zero attached hydrogens (tertiary/aromatic N) is 3. The van der Waals surface area contributed by atoms with Crippen molar-refractivity contribution in [2.24, 2.45) is 0 Å². The minimum Gasteiger partial charge on any atom is -0.387 e. The van der Waals surface area contributed by atoms with Gasteiger partial charge in [-0.3, -0.25) is 9.88 Å². The maximum absolute atomic E-state index is 9.50. The number of rotatable bonds is 2. The Hall–Kier alpha value is -1.13. The second-order valence-corrected chi connectivity index (χ2v) is 5.75.